The number of hydrogen-bond acceptors (Lipinski definition) is 2. The molecular formula is C22H33N3O. The van der Waals surface area contributed by atoms with Crippen LogP contribution in [0.5, 0.6) is 0 Å². The van der Waals surface area contributed by atoms with E-state index in [9.17, 15) is 4.79 Å². The molecule has 2 aromatic heterocycles. The molecule has 2 heterocycles. The van der Waals surface area contributed by atoms with E-state index in [2.05, 4.69) is 38.7 Å². The first-order valence-corrected chi connectivity index (χ1v) is 10.1. The number of nitrogens with one attached hydrogen (secondary N) is 1. The van der Waals surface area contributed by atoms with Gasteiger partial charge in [-0.05, 0) is 55.1 Å². The molecule has 0 saturated carbocycles. The fourth-order valence-electron chi connectivity index (χ4n) is 4.24. The molecule has 0 fully saturated rings. The molecule has 1 atom stereocenters. The highest BCUT2D eigenvalue weighted by Crippen LogP contribution is 2.38. The molecule has 4 heteroatoms. The summed E-state index contributed by atoms with van der Waals surface area (Å²) in [5, 5.41) is 0. The number of carbonyl (C=O) groups is 1. The van der Waals surface area contributed by atoms with E-state index in [0.29, 0.717) is 17.0 Å². The fraction of sp³-hybridized carbons (Fsp3) is 0.636. The molecule has 1 amide bonds. The normalized spacial score (nSPS) is 17.5. The predicted molar refractivity (Wildman–Crippen MR) is 107 cm³/mol. The molecule has 1 aliphatic rings. The number of amides is 1. The second kappa shape index (κ2) is 7.42. The maximum absolute atomic E-state index is 11.9. The zero-order valence-electron chi connectivity index (χ0n) is 16.7. The van der Waals surface area contributed by atoms with Gasteiger partial charge in [-0.1, -0.05) is 47.0 Å². The maximum atomic E-state index is 11.9. The summed E-state index contributed by atoms with van der Waals surface area (Å²) in [6, 6.07) is 2.22. The standard InChI is InChI=1S/C22H33N3O/c1-5-6-7-8-9-16-19-18(25-20(16)21(23)26)13-14-12-15(22(2,3)4)10-11-17(14)24-19/h13,15,25H,5-12H2,1-4H3,(H2,23,26). The van der Waals surface area contributed by atoms with Crippen LogP contribution in [0.2, 0.25) is 0 Å². The number of aromatic nitrogens is 2. The molecule has 0 spiro atoms. The SMILES string of the molecule is CCCCCCc1c(C(N)=O)[nH]c2cc3c(nc12)CCC(C(C)(C)C)C3. The number of fused-ring (bicyclic) bond motifs is 2. The highest BCUT2D eigenvalue weighted by molar-refractivity contribution is 5.99. The van der Waals surface area contributed by atoms with Crippen LogP contribution in [0.25, 0.3) is 11.0 Å². The topological polar surface area (TPSA) is 71.8 Å². The Hall–Kier alpha value is -1.84. The summed E-state index contributed by atoms with van der Waals surface area (Å²) in [7, 11) is 0. The van der Waals surface area contributed by atoms with Gasteiger partial charge < -0.3 is 10.7 Å². The molecule has 0 bridgehead atoms. The minimum absolute atomic E-state index is 0.311. The van der Waals surface area contributed by atoms with E-state index in [-0.39, 0.29) is 5.91 Å². The van der Waals surface area contributed by atoms with Crippen molar-refractivity contribution in [3.05, 3.63) is 28.6 Å². The summed E-state index contributed by atoms with van der Waals surface area (Å²) < 4.78 is 0. The Morgan fingerprint density at radius 2 is 2.08 bits per heavy atom. The van der Waals surface area contributed by atoms with Crippen molar-refractivity contribution in [3.63, 3.8) is 0 Å². The highest BCUT2D eigenvalue weighted by atomic mass is 16.1. The van der Waals surface area contributed by atoms with Crippen LogP contribution in [0.15, 0.2) is 6.07 Å². The van der Waals surface area contributed by atoms with Crippen LogP contribution in [-0.2, 0) is 19.3 Å². The summed E-state index contributed by atoms with van der Waals surface area (Å²) in [5.74, 6) is 0.298. The van der Waals surface area contributed by atoms with E-state index < -0.39 is 0 Å². The van der Waals surface area contributed by atoms with Crippen molar-refractivity contribution in [3.8, 4) is 0 Å². The number of unbranched alkanes of at least 4 members (excludes halogenated alkanes) is 3. The number of nitrogens with two attached hydrogens (primary N) is 1. The summed E-state index contributed by atoms with van der Waals surface area (Å²) in [5.41, 5.74) is 12.0. The van der Waals surface area contributed by atoms with Gasteiger partial charge in [-0.2, -0.15) is 0 Å². The largest absolute Gasteiger partial charge is 0.364 e. The van der Waals surface area contributed by atoms with Crippen LogP contribution >= 0.6 is 0 Å². The van der Waals surface area contributed by atoms with E-state index in [1.54, 1.807) is 0 Å². The number of carbonyl (C=O) groups excluding carboxylic acids is 1. The van der Waals surface area contributed by atoms with Crippen molar-refractivity contribution in [1.29, 1.82) is 0 Å². The third-order valence-electron chi connectivity index (χ3n) is 5.99. The quantitative estimate of drug-likeness (QED) is 0.721. The van der Waals surface area contributed by atoms with Gasteiger partial charge in [0.15, 0.2) is 0 Å². The van der Waals surface area contributed by atoms with Crippen LogP contribution in [0, 0.1) is 11.3 Å². The Kier molecular flexibility index (Phi) is 5.40. The number of rotatable bonds is 6. The van der Waals surface area contributed by atoms with E-state index in [0.717, 1.165) is 42.3 Å². The van der Waals surface area contributed by atoms with Crippen molar-refractivity contribution in [2.24, 2.45) is 17.1 Å². The Morgan fingerprint density at radius 3 is 2.73 bits per heavy atom. The van der Waals surface area contributed by atoms with Crippen molar-refractivity contribution >= 4 is 16.9 Å². The first kappa shape index (κ1) is 18.9. The molecule has 0 aromatic carbocycles. The first-order valence-electron chi connectivity index (χ1n) is 10.1. The zero-order chi connectivity index (χ0) is 18.9. The highest BCUT2D eigenvalue weighted by Gasteiger charge is 2.30. The van der Waals surface area contributed by atoms with Gasteiger partial charge in [-0.3, -0.25) is 9.78 Å². The van der Waals surface area contributed by atoms with Gasteiger partial charge in [0.1, 0.15) is 5.69 Å². The second-order valence-electron chi connectivity index (χ2n) is 8.95. The van der Waals surface area contributed by atoms with Gasteiger partial charge in [-0.15, -0.1) is 0 Å². The smallest absolute Gasteiger partial charge is 0.265 e. The monoisotopic (exact) mass is 355 g/mol. The van der Waals surface area contributed by atoms with Gasteiger partial charge >= 0.3 is 0 Å². The maximum Gasteiger partial charge on any atom is 0.265 e. The van der Waals surface area contributed by atoms with Crippen molar-refractivity contribution in [2.45, 2.75) is 79.1 Å². The number of H-pyrrole nitrogens is 1. The molecule has 26 heavy (non-hydrogen) atoms. The Bertz CT molecular complexity index is 798. The van der Waals surface area contributed by atoms with E-state index in [1.807, 2.05) is 0 Å². The van der Waals surface area contributed by atoms with Crippen LogP contribution in [0.4, 0.5) is 0 Å². The molecule has 1 unspecified atom stereocenters. The number of aromatic amines is 1. The van der Waals surface area contributed by atoms with E-state index in [1.165, 1.54) is 36.9 Å². The lowest BCUT2D eigenvalue weighted by Gasteiger charge is -2.34. The van der Waals surface area contributed by atoms with Gasteiger partial charge in [0.05, 0.1) is 11.0 Å². The Morgan fingerprint density at radius 1 is 1.31 bits per heavy atom. The van der Waals surface area contributed by atoms with Gasteiger partial charge in [0.25, 0.3) is 5.91 Å². The van der Waals surface area contributed by atoms with Crippen molar-refractivity contribution in [1.82, 2.24) is 9.97 Å². The minimum Gasteiger partial charge on any atom is -0.364 e. The summed E-state index contributed by atoms with van der Waals surface area (Å²) in [4.78, 5) is 20.2. The predicted octanol–water partition coefficient (Wildman–Crippen LogP) is 4.94. The van der Waals surface area contributed by atoms with Crippen molar-refractivity contribution < 1.29 is 4.79 Å². The summed E-state index contributed by atoms with van der Waals surface area (Å²) in [6.07, 6.45) is 8.84. The number of nitrogens with zero attached hydrogens (tertiary/aromatic N) is 1. The van der Waals surface area contributed by atoms with Gasteiger partial charge in [-0.25, -0.2) is 0 Å². The second-order valence-corrected chi connectivity index (χ2v) is 8.95. The first-order chi connectivity index (χ1) is 12.3. The summed E-state index contributed by atoms with van der Waals surface area (Å²) >= 11 is 0. The molecule has 0 radical (unpaired) electrons. The molecule has 142 valence electrons. The van der Waals surface area contributed by atoms with Crippen LogP contribution in [0.1, 0.15) is 87.1 Å². The average Bonchev–Trinajstić information content (AvgIpc) is 2.93. The minimum atomic E-state index is -0.376. The lowest BCUT2D eigenvalue weighted by molar-refractivity contribution is 0.0995. The number of primary amides is 1. The molecule has 4 nitrogen and oxygen atoms in total. The summed E-state index contributed by atoms with van der Waals surface area (Å²) in [6.45, 7) is 9.17. The third-order valence-corrected chi connectivity index (χ3v) is 5.99. The molecule has 3 N–H and O–H groups in total. The third kappa shape index (κ3) is 3.79. The lowest BCUT2D eigenvalue weighted by Crippen LogP contribution is -2.27. The van der Waals surface area contributed by atoms with E-state index in [4.69, 9.17) is 10.7 Å². The van der Waals surface area contributed by atoms with Crippen LogP contribution < -0.4 is 5.73 Å². The molecule has 0 saturated heterocycles. The zero-order valence-corrected chi connectivity index (χ0v) is 16.7. The van der Waals surface area contributed by atoms with Crippen LogP contribution in [0.3, 0.4) is 0 Å². The number of hydrogen-bond donors (Lipinski definition) is 2. The molecule has 2 aromatic rings. The molecule has 1 aliphatic carbocycles. The number of pyridine rings is 1. The molecule has 3 rings (SSSR count). The van der Waals surface area contributed by atoms with Crippen molar-refractivity contribution in [2.75, 3.05) is 0 Å². The fourth-order valence-corrected chi connectivity index (χ4v) is 4.24. The van der Waals surface area contributed by atoms with E-state index >= 15 is 0 Å². The van der Waals surface area contributed by atoms with Gasteiger partial charge in [0.2, 0.25) is 0 Å². The Balaban J connectivity index is 1.95. The van der Waals surface area contributed by atoms with Gasteiger partial charge in [0, 0.05) is 11.3 Å². The Labute approximate surface area is 157 Å². The van der Waals surface area contributed by atoms with Crippen LogP contribution in [-0.4, -0.2) is 15.9 Å². The molecular weight excluding hydrogens is 322 g/mol. The average molecular weight is 356 g/mol. The lowest BCUT2D eigenvalue weighted by atomic mass is 9.71. The molecule has 0 aliphatic heterocycles. The number of aryl methyl sites for hydroxylation is 2.